The summed E-state index contributed by atoms with van der Waals surface area (Å²) in [4.78, 5) is 10.4. The minimum Gasteiger partial charge on any atom is -0.479 e. The van der Waals surface area contributed by atoms with Crippen molar-refractivity contribution in [1.29, 1.82) is 0 Å². The second-order valence-electron chi connectivity index (χ2n) is 2.52. The fraction of sp³-hybridized carbons (Fsp3) is 0.857. The standard InChI is InChI=1S/C7H12O4/c1-2-6(7(8)9)11-4-5-3-10-5/h5-6H,2-4H2,1H3,(H,8,9). The van der Waals surface area contributed by atoms with Gasteiger partial charge in [-0.2, -0.15) is 0 Å². The summed E-state index contributed by atoms with van der Waals surface area (Å²) in [6.45, 7) is 2.90. The van der Waals surface area contributed by atoms with Gasteiger partial charge in [-0.3, -0.25) is 0 Å². The molecular weight excluding hydrogens is 148 g/mol. The molecule has 4 nitrogen and oxygen atoms in total. The van der Waals surface area contributed by atoms with E-state index >= 15 is 0 Å². The lowest BCUT2D eigenvalue weighted by Crippen LogP contribution is -2.24. The van der Waals surface area contributed by atoms with Gasteiger partial charge in [0.05, 0.1) is 13.2 Å². The van der Waals surface area contributed by atoms with E-state index in [2.05, 4.69) is 0 Å². The molecular formula is C7H12O4. The molecule has 11 heavy (non-hydrogen) atoms. The van der Waals surface area contributed by atoms with Crippen molar-refractivity contribution in [3.63, 3.8) is 0 Å². The molecule has 0 amide bonds. The van der Waals surface area contributed by atoms with E-state index in [1.165, 1.54) is 0 Å². The summed E-state index contributed by atoms with van der Waals surface area (Å²) in [7, 11) is 0. The quantitative estimate of drug-likeness (QED) is 0.586. The van der Waals surface area contributed by atoms with E-state index in [-0.39, 0.29) is 6.10 Å². The van der Waals surface area contributed by atoms with Crippen molar-refractivity contribution in [1.82, 2.24) is 0 Å². The Kier molecular flexibility index (Phi) is 2.84. The number of ether oxygens (including phenoxy) is 2. The first kappa shape index (κ1) is 8.49. The van der Waals surface area contributed by atoms with Crippen molar-refractivity contribution in [3.8, 4) is 0 Å². The van der Waals surface area contributed by atoms with Gasteiger partial charge in [0.2, 0.25) is 0 Å². The van der Waals surface area contributed by atoms with Crippen LogP contribution in [0.25, 0.3) is 0 Å². The van der Waals surface area contributed by atoms with E-state index in [9.17, 15) is 4.79 Å². The van der Waals surface area contributed by atoms with Gasteiger partial charge in [0.15, 0.2) is 6.10 Å². The van der Waals surface area contributed by atoms with E-state index < -0.39 is 12.1 Å². The van der Waals surface area contributed by atoms with E-state index in [0.29, 0.717) is 19.6 Å². The molecule has 0 aliphatic carbocycles. The highest BCUT2D eigenvalue weighted by Crippen LogP contribution is 2.10. The van der Waals surface area contributed by atoms with E-state index in [1.807, 2.05) is 0 Å². The van der Waals surface area contributed by atoms with Gasteiger partial charge in [-0.25, -0.2) is 4.79 Å². The molecule has 0 saturated carbocycles. The van der Waals surface area contributed by atoms with Gasteiger partial charge in [-0.15, -0.1) is 0 Å². The first-order valence-electron chi connectivity index (χ1n) is 3.70. The van der Waals surface area contributed by atoms with Crippen molar-refractivity contribution in [2.24, 2.45) is 0 Å². The normalized spacial score (nSPS) is 24.6. The van der Waals surface area contributed by atoms with Crippen molar-refractivity contribution < 1.29 is 19.4 Å². The van der Waals surface area contributed by atoms with Crippen LogP contribution in [-0.4, -0.2) is 36.5 Å². The molecule has 1 aliphatic heterocycles. The minimum absolute atomic E-state index is 0.142. The number of carbonyl (C=O) groups is 1. The predicted octanol–water partition coefficient (Wildman–Crippen LogP) is 0.265. The number of hydrogen-bond donors (Lipinski definition) is 1. The van der Waals surface area contributed by atoms with Crippen LogP contribution in [0.15, 0.2) is 0 Å². The van der Waals surface area contributed by atoms with Gasteiger partial charge in [0.25, 0.3) is 0 Å². The first-order valence-corrected chi connectivity index (χ1v) is 3.70. The summed E-state index contributed by atoms with van der Waals surface area (Å²) < 4.78 is 9.92. The van der Waals surface area contributed by atoms with Crippen LogP contribution < -0.4 is 0 Å². The van der Waals surface area contributed by atoms with Gasteiger partial charge < -0.3 is 14.6 Å². The van der Waals surface area contributed by atoms with Gasteiger partial charge in [-0.1, -0.05) is 6.92 Å². The largest absolute Gasteiger partial charge is 0.479 e. The number of carboxylic acids is 1. The molecule has 0 aromatic carbocycles. The summed E-state index contributed by atoms with van der Waals surface area (Å²) in [5, 5.41) is 8.54. The summed E-state index contributed by atoms with van der Waals surface area (Å²) in [6, 6.07) is 0. The van der Waals surface area contributed by atoms with Gasteiger partial charge in [0, 0.05) is 0 Å². The molecule has 1 fully saturated rings. The van der Waals surface area contributed by atoms with E-state index in [1.54, 1.807) is 6.92 Å². The van der Waals surface area contributed by atoms with Crippen molar-refractivity contribution in [2.45, 2.75) is 25.6 Å². The molecule has 1 saturated heterocycles. The van der Waals surface area contributed by atoms with Crippen LogP contribution in [0.2, 0.25) is 0 Å². The van der Waals surface area contributed by atoms with Crippen LogP contribution in [0, 0.1) is 0 Å². The first-order chi connectivity index (χ1) is 5.24. The molecule has 0 bridgehead atoms. The van der Waals surface area contributed by atoms with E-state index in [4.69, 9.17) is 14.6 Å². The van der Waals surface area contributed by atoms with Crippen LogP contribution in [0.4, 0.5) is 0 Å². The molecule has 1 N–H and O–H groups in total. The Bertz CT molecular complexity index is 141. The highest BCUT2D eigenvalue weighted by molar-refractivity contribution is 5.72. The Hall–Kier alpha value is -0.610. The molecule has 0 radical (unpaired) electrons. The Labute approximate surface area is 65.1 Å². The lowest BCUT2D eigenvalue weighted by molar-refractivity contribution is -0.150. The predicted molar refractivity (Wildman–Crippen MR) is 37.4 cm³/mol. The van der Waals surface area contributed by atoms with Crippen LogP contribution in [-0.2, 0) is 14.3 Å². The fourth-order valence-corrected chi connectivity index (χ4v) is 0.752. The minimum atomic E-state index is -0.895. The topological polar surface area (TPSA) is 59.1 Å². The fourth-order valence-electron chi connectivity index (χ4n) is 0.752. The van der Waals surface area contributed by atoms with Crippen molar-refractivity contribution >= 4 is 5.97 Å². The number of carboxylic acid groups (broad SMARTS) is 1. The lowest BCUT2D eigenvalue weighted by atomic mass is 10.3. The average molecular weight is 160 g/mol. The van der Waals surface area contributed by atoms with Gasteiger partial charge in [0.1, 0.15) is 6.10 Å². The summed E-state index contributed by atoms with van der Waals surface area (Å²) in [5.41, 5.74) is 0. The molecule has 64 valence electrons. The highest BCUT2D eigenvalue weighted by atomic mass is 16.6. The molecule has 0 spiro atoms. The smallest absolute Gasteiger partial charge is 0.332 e. The van der Waals surface area contributed by atoms with Crippen LogP contribution in [0.1, 0.15) is 13.3 Å². The molecule has 0 aromatic heterocycles. The molecule has 1 heterocycles. The Morgan fingerprint density at radius 1 is 1.91 bits per heavy atom. The zero-order valence-corrected chi connectivity index (χ0v) is 6.45. The third kappa shape index (κ3) is 2.86. The van der Waals surface area contributed by atoms with Crippen molar-refractivity contribution in [3.05, 3.63) is 0 Å². The lowest BCUT2D eigenvalue weighted by Gasteiger charge is -2.09. The van der Waals surface area contributed by atoms with Crippen LogP contribution in [0.5, 0.6) is 0 Å². The third-order valence-electron chi connectivity index (χ3n) is 1.53. The number of rotatable bonds is 5. The maximum Gasteiger partial charge on any atom is 0.332 e. The number of epoxide rings is 1. The number of hydrogen-bond acceptors (Lipinski definition) is 3. The SMILES string of the molecule is CCC(OCC1CO1)C(=O)O. The van der Waals surface area contributed by atoms with Gasteiger partial charge >= 0.3 is 5.97 Å². The summed E-state index contributed by atoms with van der Waals surface area (Å²) in [6.07, 6.45) is -0.0233. The monoisotopic (exact) mass is 160 g/mol. The molecule has 1 rings (SSSR count). The highest BCUT2D eigenvalue weighted by Gasteiger charge is 2.25. The number of aliphatic carboxylic acids is 1. The summed E-state index contributed by atoms with van der Waals surface area (Å²) in [5.74, 6) is -0.895. The zero-order valence-electron chi connectivity index (χ0n) is 6.45. The Balaban J connectivity index is 2.13. The molecule has 2 unspecified atom stereocenters. The second kappa shape index (κ2) is 3.69. The third-order valence-corrected chi connectivity index (χ3v) is 1.53. The van der Waals surface area contributed by atoms with Crippen LogP contribution >= 0.6 is 0 Å². The summed E-state index contributed by atoms with van der Waals surface area (Å²) >= 11 is 0. The zero-order chi connectivity index (χ0) is 8.27. The maximum absolute atomic E-state index is 10.4. The molecule has 0 aromatic rings. The molecule has 1 aliphatic rings. The maximum atomic E-state index is 10.4. The van der Waals surface area contributed by atoms with Gasteiger partial charge in [-0.05, 0) is 6.42 Å². The van der Waals surface area contributed by atoms with E-state index in [0.717, 1.165) is 0 Å². The van der Waals surface area contributed by atoms with Crippen LogP contribution in [0.3, 0.4) is 0 Å². The molecule has 2 atom stereocenters. The Morgan fingerprint density at radius 3 is 2.91 bits per heavy atom. The Morgan fingerprint density at radius 2 is 2.55 bits per heavy atom. The average Bonchev–Trinajstić information content (AvgIpc) is 2.72. The molecule has 4 heteroatoms. The second-order valence-corrected chi connectivity index (χ2v) is 2.52. The van der Waals surface area contributed by atoms with Crippen molar-refractivity contribution in [2.75, 3.05) is 13.2 Å².